The fourth-order valence-electron chi connectivity index (χ4n) is 8.31. The van der Waals surface area contributed by atoms with Gasteiger partial charge in [-0.15, -0.1) is 29.1 Å². The van der Waals surface area contributed by atoms with Crippen LogP contribution in [0.15, 0.2) is 133 Å². The molecule has 5 heteroatoms. The van der Waals surface area contributed by atoms with Gasteiger partial charge in [-0.25, -0.2) is 0 Å². The van der Waals surface area contributed by atoms with E-state index in [1.165, 1.54) is 49.3 Å². The molecule has 293 valence electrons. The molecule has 6 aromatic carbocycles. The first kappa shape index (κ1) is 41.5. The first-order valence-electron chi connectivity index (χ1n) is 20.3. The van der Waals surface area contributed by atoms with Crippen molar-refractivity contribution in [3.8, 4) is 11.4 Å². The third kappa shape index (κ3) is 8.06. The van der Waals surface area contributed by atoms with Crippen molar-refractivity contribution in [1.29, 1.82) is 0 Å². The van der Waals surface area contributed by atoms with Gasteiger partial charge in [-0.2, -0.15) is 0 Å². The fourth-order valence-corrected chi connectivity index (χ4v) is 8.31. The Hall–Kier alpha value is -5.09. The van der Waals surface area contributed by atoms with Crippen LogP contribution in [0.2, 0.25) is 0 Å². The van der Waals surface area contributed by atoms with E-state index in [0.29, 0.717) is 0 Å². The number of carbonyl (C=O) groups excluding carboxylic acids is 1. The minimum atomic E-state index is -0.0375. The van der Waals surface area contributed by atoms with Crippen molar-refractivity contribution < 1.29 is 30.0 Å². The van der Waals surface area contributed by atoms with E-state index < -0.39 is 0 Å². The van der Waals surface area contributed by atoms with Crippen LogP contribution >= 0.6 is 0 Å². The average molecular weight is 930 g/mol. The van der Waals surface area contributed by atoms with Crippen molar-refractivity contribution in [2.45, 2.75) is 79.6 Å². The first-order valence-corrected chi connectivity index (χ1v) is 20.3. The number of aliphatic hydroxyl groups excluding tert-OH is 1. The smallest absolute Gasteiger partial charge is 0.162 e. The second-order valence-corrected chi connectivity index (χ2v) is 15.9. The minimum absolute atomic E-state index is 0. The third-order valence-electron chi connectivity index (χ3n) is 11.5. The predicted molar refractivity (Wildman–Crippen MR) is 238 cm³/mol. The molecule has 0 saturated carbocycles. The van der Waals surface area contributed by atoms with Gasteiger partial charge in [0.15, 0.2) is 5.78 Å². The number of hydrogen-bond donors (Lipinski definition) is 1. The third-order valence-corrected chi connectivity index (χ3v) is 11.5. The number of hydrogen-bond acceptors (Lipinski definition) is 3. The average Bonchev–Trinajstić information content (AvgIpc) is 3.62. The maximum Gasteiger partial charge on any atom is 0.162 e. The summed E-state index contributed by atoms with van der Waals surface area (Å²) in [5, 5.41) is 19.4. The summed E-state index contributed by atoms with van der Waals surface area (Å²) in [5.74, 6) is 1.46. The number of aliphatic hydroxyl groups is 1. The van der Waals surface area contributed by atoms with Crippen molar-refractivity contribution >= 4 is 65.4 Å². The van der Waals surface area contributed by atoms with Crippen LogP contribution in [0.5, 0.6) is 0 Å². The molecule has 0 aliphatic rings. The Balaban J connectivity index is 0.000000295. The molecule has 8 aromatic rings. The molecule has 57 heavy (non-hydrogen) atoms. The quantitative estimate of drug-likeness (QED) is 0.0938. The Kier molecular flexibility index (Phi) is 12.8. The molecule has 0 atom stereocenters. The van der Waals surface area contributed by atoms with E-state index in [-0.39, 0.29) is 48.9 Å². The van der Waals surface area contributed by atoms with Crippen LogP contribution in [0.4, 0.5) is 0 Å². The minimum Gasteiger partial charge on any atom is -0.512 e. The van der Waals surface area contributed by atoms with E-state index >= 15 is 0 Å². The zero-order valence-electron chi connectivity index (χ0n) is 34.2. The number of allylic oxidation sites excluding steroid dienone is 2. The maximum absolute atomic E-state index is 11.7. The molecule has 4 nitrogen and oxygen atoms in total. The summed E-state index contributed by atoms with van der Waals surface area (Å²) < 4.78 is 2.38. The molecule has 8 rings (SSSR count). The van der Waals surface area contributed by atoms with Crippen molar-refractivity contribution in [1.82, 2.24) is 9.38 Å². The molecule has 0 aliphatic heterocycles. The molecule has 2 aromatic heterocycles. The summed E-state index contributed by atoms with van der Waals surface area (Å²) in [6, 6.07) is 47.5. The topological polar surface area (TPSA) is 54.6 Å². The van der Waals surface area contributed by atoms with E-state index in [0.717, 1.165) is 59.0 Å². The van der Waals surface area contributed by atoms with Gasteiger partial charge >= 0.3 is 0 Å². The van der Waals surface area contributed by atoms with E-state index in [9.17, 15) is 9.90 Å². The van der Waals surface area contributed by atoms with Gasteiger partial charge in [0.1, 0.15) is 0 Å². The Bertz CT molecular complexity index is 2780. The summed E-state index contributed by atoms with van der Waals surface area (Å²) in [7, 11) is 0. The van der Waals surface area contributed by atoms with Crippen molar-refractivity contribution in [2.24, 2.45) is 11.8 Å². The number of fused-ring (bicyclic) bond motifs is 8. The van der Waals surface area contributed by atoms with Crippen LogP contribution in [-0.4, -0.2) is 20.3 Å². The molecule has 0 amide bonds. The van der Waals surface area contributed by atoms with E-state index in [1.807, 2.05) is 27.7 Å². The zero-order chi connectivity index (χ0) is 39.6. The second kappa shape index (κ2) is 17.6. The van der Waals surface area contributed by atoms with Crippen molar-refractivity contribution in [3.05, 3.63) is 145 Å². The predicted octanol–water partition coefficient (Wildman–Crippen LogP) is 14.3. The van der Waals surface area contributed by atoms with Crippen LogP contribution in [0.25, 0.3) is 71.0 Å². The molecule has 0 spiro atoms. The first-order chi connectivity index (χ1) is 27.1. The molecule has 0 aliphatic carbocycles. The van der Waals surface area contributed by atoms with Gasteiger partial charge < -0.3 is 9.51 Å². The Labute approximate surface area is 350 Å². The largest absolute Gasteiger partial charge is 0.512 e. The summed E-state index contributed by atoms with van der Waals surface area (Å²) >= 11 is 0. The van der Waals surface area contributed by atoms with Gasteiger partial charge in [0.05, 0.1) is 22.6 Å². The van der Waals surface area contributed by atoms with Crippen molar-refractivity contribution in [2.75, 3.05) is 0 Å². The zero-order valence-corrected chi connectivity index (χ0v) is 36.6. The molecule has 0 bridgehead atoms. The number of benzene rings is 6. The van der Waals surface area contributed by atoms with Gasteiger partial charge in [-0.1, -0.05) is 156 Å². The Morgan fingerprint density at radius 1 is 0.667 bits per heavy atom. The van der Waals surface area contributed by atoms with Gasteiger partial charge in [0.25, 0.3) is 0 Å². The van der Waals surface area contributed by atoms with Crippen LogP contribution < -0.4 is 0 Å². The number of imidazole rings is 1. The van der Waals surface area contributed by atoms with E-state index in [4.69, 9.17) is 4.98 Å². The van der Waals surface area contributed by atoms with E-state index in [1.54, 1.807) is 0 Å². The van der Waals surface area contributed by atoms with Gasteiger partial charge in [-0.05, 0) is 64.8 Å². The van der Waals surface area contributed by atoms with Crippen LogP contribution in [0, 0.1) is 17.9 Å². The van der Waals surface area contributed by atoms with Crippen LogP contribution in [-0.2, 0) is 30.3 Å². The second-order valence-electron chi connectivity index (χ2n) is 15.9. The Morgan fingerprint density at radius 2 is 1.16 bits per heavy atom. The molecule has 0 saturated heterocycles. The fraction of sp³-hybridized carbons (Fsp3) is 0.269. The number of nitrogens with zero attached hydrogens (tertiary/aromatic N) is 2. The summed E-state index contributed by atoms with van der Waals surface area (Å²) in [4.78, 5) is 17.1. The van der Waals surface area contributed by atoms with Gasteiger partial charge in [-0.3, -0.25) is 9.78 Å². The molecular weight excluding hydrogens is 877 g/mol. The SMILES string of the molecule is CC(C)(C)c1cc(-c2nc3cccc4c5ccccc5c5ccccc5c5ccccc5n2c34)[c-]c2ccccc12.CCC(CC)C(=O)/C=C(\O)C(CC)CC.[Ir]. The monoisotopic (exact) mass is 930 g/mol. The normalized spacial score (nSPS) is 12.1. The molecule has 1 N–H and O–H groups in total. The van der Waals surface area contributed by atoms with Crippen molar-refractivity contribution in [3.63, 3.8) is 0 Å². The molecular formula is C52H53IrN2O2-. The van der Waals surface area contributed by atoms with Crippen LogP contribution in [0.3, 0.4) is 0 Å². The molecule has 0 unspecified atom stereocenters. The van der Waals surface area contributed by atoms with E-state index in [2.05, 4.69) is 153 Å². The summed E-state index contributed by atoms with van der Waals surface area (Å²) in [5.41, 5.74) is 5.49. The molecule has 0 fully saturated rings. The number of ketones is 1. The van der Waals surface area contributed by atoms with Gasteiger partial charge in [0, 0.05) is 54.3 Å². The number of rotatable bonds is 8. The maximum atomic E-state index is 11.7. The number of carbonyl (C=O) groups is 1. The molecule has 1 radical (unpaired) electrons. The van der Waals surface area contributed by atoms with Gasteiger partial charge in [0.2, 0.25) is 0 Å². The number of para-hydroxylation sites is 2. The Morgan fingerprint density at radius 3 is 1.74 bits per heavy atom. The number of aromatic nitrogens is 2. The standard InChI is InChI=1S/C39H29N2.C13H24O2.Ir/c1-39(2,3)34-24-26(23-25-13-4-5-14-27(25)34)38-40-35-21-12-20-33-31-18-9-7-16-29(31)28-15-6-8-17-30(28)32-19-10-11-22-36(32)41(38)37(33)35;1-5-10(6-2)12(14)9-13(15)11(7-3)8-4;/h4-22,24H,1-3H3;9-11,14H,5-8H2,1-4H3;/q-1;;/b;12-9-;. The molecule has 2 heterocycles. The van der Waals surface area contributed by atoms with Crippen LogP contribution in [0.1, 0.15) is 79.7 Å². The summed E-state index contributed by atoms with van der Waals surface area (Å²) in [6.45, 7) is 14.9. The summed E-state index contributed by atoms with van der Waals surface area (Å²) in [6.07, 6.45) is 4.91.